The number of hydrogen-bond acceptors (Lipinski definition) is 4. The number of aromatic nitrogens is 2. The van der Waals surface area contributed by atoms with Gasteiger partial charge in [0, 0.05) is 65.5 Å². The Hall–Kier alpha value is -4.86. The fourth-order valence-corrected chi connectivity index (χ4v) is 7.11. The van der Waals surface area contributed by atoms with Crippen molar-refractivity contribution in [3.05, 3.63) is 150 Å². The third-order valence-corrected chi connectivity index (χ3v) is 10.3. The Morgan fingerprint density at radius 2 is 1.29 bits per heavy atom. The van der Waals surface area contributed by atoms with Gasteiger partial charge in [-0.25, -0.2) is 4.98 Å². The van der Waals surface area contributed by atoms with E-state index in [0.717, 1.165) is 50.1 Å². The van der Waals surface area contributed by atoms with Gasteiger partial charge in [0.05, 0.1) is 0 Å². The van der Waals surface area contributed by atoms with E-state index in [0.29, 0.717) is 17.3 Å². The van der Waals surface area contributed by atoms with Gasteiger partial charge in [-0.1, -0.05) is 98.2 Å². The molecule has 1 aliphatic heterocycles. The maximum Gasteiger partial charge on any atom is 0.135 e. The molecule has 0 fully saturated rings. The second-order valence-corrected chi connectivity index (χ2v) is 17.4. The van der Waals surface area contributed by atoms with E-state index in [1.807, 2.05) is 47.0 Å². The summed E-state index contributed by atoms with van der Waals surface area (Å²) in [5.41, 5.74) is 9.37. The van der Waals surface area contributed by atoms with Crippen LogP contribution >= 0.6 is 0 Å². The Balaban J connectivity index is 0.00000512. The Morgan fingerprint density at radius 1 is 0.636 bits per heavy atom. The standard InChI is InChI=1S/C49H49N4O.Pt/c1-32-18-20-40-41-21-19-39(30-45(41)53(44(40)24-32)46-28-33(22-23-50-46)47(2,3)4)54-38-15-13-14-36(29-38)51-31-52(43-17-12-11-16-42(43)51)37-26-34(48(5,6)7)25-35(27-37)49(8,9)10;/h11-28,31H,1-10H3;/q-3;/i1D3;. The van der Waals surface area contributed by atoms with E-state index in [1.54, 1.807) is 18.3 Å². The molecule has 1 aliphatic rings. The van der Waals surface area contributed by atoms with Gasteiger partial charge in [0.1, 0.15) is 5.82 Å². The van der Waals surface area contributed by atoms with Crippen LogP contribution in [0.3, 0.4) is 0 Å². The molecule has 284 valence electrons. The summed E-state index contributed by atoms with van der Waals surface area (Å²) >= 11 is 0. The number of rotatable bonds is 5. The Labute approximate surface area is 345 Å². The van der Waals surface area contributed by atoms with Gasteiger partial charge in [0.15, 0.2) is 0 Å². The van der Waals surface area contributed by atoms with Crippen LogP contribution in [0.25, 0.3) is 27.6 Å². The van der Waals surface area contributed by atoms with Crippen molar-refractivity contribution in [3.8, 4) is 17.3 Å². The van der Waals surface area contributed by atoms with Gasteiger partial charge in [-0.15, -0.1) is 48.1 Å². The SMILES string of the molecule is [2H]C([2H])([2H])c1ccc2c3ccc(Oc4[c-]c(N5[CH-]N(c6cc(C(C)(C)C)cc(C(C)(C)C)c6)c6ccccc65)ccc4)[c-]c3n(-c3cc(C(C)(C)C)ccn3)c2c1.[Pt]. The summed E-state index contributed by atoms with van der Waals surface area (Å²) in [6, 6.07) is 41.7. The average Bonchev–Trinajstić information content (AvgIpc) is 3.69. The zero-order chi connectivity index (χ0) is 40.7. The normalized spacial score (nSPS) is 14.4. The number of para-hydroxylation sites is 2. The zero-order valence-corrected chi connectivity index (χ0v) is 35.3. The van der Waals surface area contributed by atoms with Gasteiger partial charge < -0.3 is 19.1 Å². The van der Waals surface area contributed by atoms with Crippen LogP contribution in [0.5, 0.6) is 11.5 Å². The van der Waals surface area contributed by atoms with E-state index in [9.17, 15) is 0 Å². The number of hydrogen-bond donors (Lipinski definition) is 0. The number of nitrogens with zero attached hydrogens (tertiary/aromatic N) is 4. The van der Waals surface area contributed by atoms with Crippen LogP contribution in [0.2, 0.25) is 0 Å². The molecule has 5 aromatic carbocycles. The van der Waals surface area contributed by atoms with Crippen LogP contribution in [-0.4, -0.2) is 9.55 Å². The largest absolute Gasteiger partial charge is 0.509 e. The van der Waals surface area contributed by atoms with Crippen LogP contribution in [-0.2, 0) is 37.3 Å². The summed E-state index contributed by atoms with van der Waals surface area (Å²) in [6.07, 6.45) is 1.81. The third-order valence-electron chi connectivity index (χ3n) is 10.3. The summed E-state index contributed by atoms with van der Waals surface area (Å²) in [4.78, 5) is 9.20. The molecule has 7 aromatic rings. The molecule has 0 radical (unpaired) electrons. The zero-order valence-electron chi connectivity index (χ0n) is 36.0. The second-order valence-electron chi connectivity index (χ2n) is 17.4. The van der Waals surface area contributed by atoms with Gasteiger partial charge in [-0.2, -0.15) is 12.1 Å². The molecular weight excluding hydrogens is 856 g/mol. The Morgan fingerprint density at radius 3 is 1.96 bits per heavy atom. The van der Waals surface area contributed by atoms with Gasteiger partial charge >= 0.3 is 0 Å². The molecule has 55 heavy (non-hydrogen) atoms. The smallest absolute Gasteiger partial charge is 0.135 e. The van der Waals surface area contributed by atoms with Crippen molar-refractivity contribution in [2.45, 2.75) is 85.4 Å². The van der Waals surface area contributed by atoms with Gasteiger partial charge in [-0.3, -0.25) is 0 Å². The number of benzene rings is 5. The molecule has 0 unspecified atom stereocenters. The number of ether oxygens (including phenoxy) is 1. The third kappa shape index (κ3) is 7.32. The van der Waals surface area contributed by atoms with E-state index in [4.69, 9.17) is 13.8 Å². The van der Waals surface area contributed by atoms with Crippen molar-refractivity contribution in [1.82, 2.24) is 9.55 Å². The van der Waals surface area contributed by atoms with Crippen molar-refractivity contribution in [2.24, 2.45) is 0 Å². The van der Waals surface area contributed by atoms with Crippen LogP contribution in [0, 0.1) is 25.7 Å². The maximum atomic E-state index is 8.14. The summed E-state index contributed by atoms with van der Waals surface area (Å²) in [6.45, 7) is 19.9. The fourth-order valence-electron chi connectivity index (χ4n) is 7.11. The van der Waals surface area contributed by atoms with Crippen molar-refractivity contribution in [2.75, 3.05) is 9.80 Å². The minimum Gasteiger partial charge on any atom is -0.509 e. The van der Waals surface area contributed by atoms with E-state index < -0.39 is 6.85 Å². The molecule has 0 spiro atoms. The van der Waals surface area contributed by atoms with Gasteiger partial charge in [0.25, 0.3) is 0 Å². The number of aryl methyl sites for hydroxylation is 1. The summed E-state index contributed by atoms with van der Waals surface area (Å²) in [5.74, 6) is 1.73. The van der Waals surface area contributed by atoms with E-state index >= 15 is 0 Å². The predicted octanol–water partition coefficient (Wildman–Crippen LogP) is 13.2. The molecule has 0 saturated heterocycles. The Kier molecular flexibility index (Phi) is 8.82. The first-order valence-electron chi connectivity index (χ1n) is 20.1. The molecule has 2 aromatic heterocycles. The van der Waals surface area contributed by atoms with Crippen molar-refractivity contribution in [3.63, 3.8) is 0 Å². The Bertz CT molecular complexity index is 2630. The molecule has 0 saturated carbocycles. The fraction of sp³-hybridized carbons (Fsp3) is 0.265. The van der Waals surface area contributed by atoms with E-state index in [-0.39, 0.29) is 42.9 Å². The number of fused-ring (bicyclic) bond motifs is 4. The van der Waals surface area contributed by atoms with Gasteiger partial charge in [-0.05, 0) is 93.2 Å². The topological polar surface area (TPSA) is 33.5 Å². The maximum absolute atomic E-state index is 8.14. The van der Waals surface area contributed by atoms with Crippen LogP contribution < -0.4 is 14.5 Å². The van der Waals surface area contributed by atoms with Crippen molar-refractivity contribution >= 4 is 44.6 Å². The van der Waals surface area contributed by atoms with E-state index in [2.05, 4.69) is 139 Å². The first-order valence-corrected chi connectivity index (χ1v) is 18.6. The molecule has 6 heteroatoms. The average molecular weight is 908 g/mol. The van der Waals surface area contributed by atoms with Crippen LogP contribution in [0.15, 0.2) is 109 Å². The molecule has 0 N–H and O–H groups in total. The number of anilines is 4. The predicted molar refractivity (Wildman–Crippen MR) is 225 cm³/mol. The van der Waals surface area contributed by atoms with Crippen LogP contribution in [0.4, 0.5) is 22.7 Å². The molecule has 8 rings (SSSR count). The molecular formula is C49H49N4OPt-3. The van der Waals surface area contributed by atoms with E-state index in [1.165, 1.54) is 11.1 Å². The second kappa shape index (κ2) is 14.0. The summed E-state index contributed by atoms with van der Waals surface area (Å²) < 4.78 is 33.0. The molecule has 0 bridgehead atoms. The first-order chi connectivity index (χ1) is 26.8. The van der Waals surface area contributed by atoms with Crippen LogP contribution in [0.1, 0.15) is 88.7 Å². The molecule has 5 nitrogen and oxygen atoms in total. The van der Waals surface area contributed by atoms with Gasteiger partial charge in [0.2, 0.25) is 0 Å². The molecule has 3 heterocycles. The summed E-state index contributed by atoms with van der Waals surface area (Å²) in [5, 5.41) is 1.83. The number of pyridine rings is 1. The minimum absolute atomic E-state index is 0. The molecule has 0 atom stereocenters. The minimum atomic E-state index is -2.26. The quantitative estimate of drug-likeness (QED) is 0.161. The molecule has 0 amide bonds. The first kappa shape index (κ1) is 34.6. The molecule has 0 aliphatic carbocycles. The van der Waals surface area contributed by atoms with Crippen molar-refractivity contribution in [1.29, 1.82) is 0 Å². The summed E-state index contributed by atoms with van der Waals surface area (Å²) in [7, 11) is 0. The monoisotopic (exact) mass is 907 g/mol. The van der Waals surface area contributed by atoms with Crippen molar-refractivity contribution < 1.29 is 29.9 Å².